The topological polar surface area (TPSA) is 202 Å². The second-order valence-electron chi connectivity index (χ2n) is 15.6. The van der Waals surface area contributed by atoms with Crippen molar-refractivity contribution in [3.05, 3.63) is 89.3 Å². The molecule has 5 unspecified atom stereocenters. The number of hydrogen-bond donors (Lipinski definition) is 4. The molecule has 58 heavy (non-hydrogen) atoms. The van der Waals surface area contributed by atoms with Gasteiger partial charge in [0.1, 0.15) is 23.7 Å². The van der Waals surface area contributed by atoms with Gasteiger partial charge in [-0.05, 0) is 49.7 Å². The lowest BCUT2D eigenvalue weighted by Crippen LogP contribution is -2.58. The van der Waals surface area contributed by atoms with Gasteiger partial charge in [0.2, 0.25) is 23.6 Å². The molecule has 1 aromatic heterocycles. The molecule has 0 aliphatic carbocycles. The van der Waals surface area contributed by atoms with E-state index < -0.39 is 59.5 Å². The molecule has 1 fully saturated rings. The fourth-order valence-corrected chi connectivity index (χ4v) is 6.29. The summed E-state index contributed by atoms with van der Waals surface area (Å²) in [5.41, 5.74) is 1.28. The number of carbonyl (C=O) groups is 6. The number of ether oxygens (including phenoxy) is 2. The fourth-order valence-electron chi connectivity index (χ4n) is 6.29. The summed E-state index contributed by atoms with van der Waals surface area (Å²) >= 11 is 0. The molecule has 3 aromatic rings. The average molecular weight is 803 g/mol. The average Bonchev–Trinajstić information content (AvgIpc) is 3.79. The Kier molecular flexibility index (Phi) is 17.0. The van der Waals surface area contributed by atoms with Crippen LogP contribution in [0, 0.1) is 5.92 Å². The molecule has 5 amide bonds. The lowest BCUT2D eigenvalue weighted by molar-refractivity contribution is -0.135. The molecule has 15 heteroatoms. The van der Waals surface area contributed by atoms with Crippen LogP contribution in [0.2, 0.25) is 0 Å². The van der Waals surface area contributed by atoms with Crippen molar-refractivity contribution in [3.63, 3.8) is 0 Å². The third-order valence-corrected chi connectivity index (χ3v) is 9.70. The second-order valence-corrected chi connectivity index (χ2v) is 15.6. The highest BCUT2D eigenvalue weighted by atomic mass is 16.6. The summed E-state index contributed by atoms with van der Waals surface area (Å²) in [4.78, 5) is 81.6. The Morgan fingerprint density at radius 3 is 1.95 bits per heavy atom. The minimum atomic E-state index is -1.06. The molecular weight excluding hydrogens is 745 g/mol. The zero-order chi connectivity index (χ0) is 42.2. The van der Waals surface area contributed by atoms with Gasteiger partial charge in [0.05, 0.1) is 18.3 Å². The van der Waals surface area contributed by atoms with Crippen LogP contribution in [0.5, 0.6) is 0 Å². The quantitative estimate of drug-likeness (QED) is 0.102. The van der Waals surface area contributed by atoms with E-state index in [1.54, 1.807) is 27.1 Å². The van der Waals surface area contributed by atoms with Gasteiger partial charge in [0.15, 0.2) is 18.2 Å². The first kappa shape index (κ1) is 45.1. The number of rotatable bonds is 23. The molecule has 1 aliphatic rings. The lowest BCUT2D eigenvalue weighted by Gasteiger charge is -2.27. The zero-order valence-electron chi connectivity index (χ0n) is 34.4. The van der Waals surface area contributed by atoms with Gasteiger partial charge in [-0.15, -0.1) is 0 Å². The van der Waals surface area contributed by atoms with Gasteiger partial charge in [-0.25, -0.2) is 4.79 Å². The van der Waals surface area contributed by atoms with Gasteiger partial charge >= 0.3 is 6.09 Å². The van der Waals surface area contributed by atoms with Gasteiger partial charge in [-0.1, -0.05) is 93.0 Å². The summed E-state index contributed by atoms with van der Waals surface area (Å²) in [7, 11) is 3.12. The standard InChI is InChI=1S/C43H58N6O9/c1-7-14-33(39(52)47-36(24-30-17-12-9-13-18-30)41(54)46-35(23-28(2)3)38(51)43(4)27-57-43)45-40(53)34(21-19-29-15-10-8-11-16-29)44-37(50)22-20-31-25-32(58-48-31)26-56-42(55)49(5)6/h8-13,15-18,25,28,33-36H,7,14,19-24,26-27H2,1-6H3,(H,44,50)(H,45,53)(H,46,54)(H,47,52). The number of aryl methyl sites for hydroxylation is 2. The smallest absolute Gasteiger partial charge is 0.409 e. The highest BCUT2D eigenvalue weighted by molar-refractivity contribution is 5.98. The molecule has 0 spiro atoms. The molecule has 5 atom stereocenters. The Balaban J connectivity index is 1.46. The first-order valence-electron chi connectivity index (χ1n) is 19.9. The Morgan fingerprint density at radius 2 is 1.36 bits per heavy atom. The van der Waals surface area contributed by atoms with Gasteiger partial charge in [0, 0.05) is 39.4 Å². The number of aromatic nitrogens is 1. The maximum Gasteiger partial charge on any atom is 0.409 e. The predicted molar refractivity (Wildman–Crippen MR) is 215 cm³/mol. The molecule has 15 nitrogen and oxygen atoms in total. The molecule has 0 saturated carbocycles. The van der Waals surface area contributed by atoms with E-state index in [2.05, 4.69) is 26.4 Å². The van der Waals surface area contributed by atoms with Crippen LogP contribution in [0.3, 0.4) is 0 Å². The van der Waals surface area contributed by atoms with Crippen LogP contribution >= 0.6 is 0 Å². The van der Waals surface area contributed by atoms with Crippen LogP contribution < -0.4 is 21.3 Å². The van der Waals surface area contributed by atoms with Crippen molar-refractivity contribution in [1.29, 1.82) is 0 Å². The number of ketones is 1. The number of amides is 5. The van der Waals surface area contributed by atoms with Crippen molar-refractivity contribution in [2.75, 3.05) is 20.7 Å². The number of nitrogens with one attached hydrogen (secondary N) is 4. The van der Waals surface area contributed by atoms with Crippen molar-refractivity contribution in [3.8, 4) is 0 Å². The normalized spacial score (nSPS) is 16.6. The number of Topliss-reactive ketones (excluding diaryl/α,β-unsaturated/α-hetero) is 1. The molecule has 2 aromatic carbocycles. The summed E-state index contributed by atoms with van der Waals surface area (Å²) in [6, 6.07) is 16.4. The van der Waals surface area contributed by atoms with E-state index in [1.807, 2.05) is 81.4 Å². The first-order chi connectivity index (χ1) is 27.7. The number of hydrogen-bond acceptors (Lipinski definition) is 10. The molecule has 4 rings (SSSR count). The fraction of sp³-hybridized carbons (Fsp3) is 0.512. The molecule has 0 radical (unpaired) electrons. The minimum absolute atomic E-state index is 0.0146. The van der Waals surface area contributed by atoms with Gasteiger partial charge in [0.25, 0.3) is 0 Å². The monoisotopic (exact) mass is 802 g/mol. The summed E-state index contributed by atoms with van der Waals surface area (Å²) in [6.45, 7) is 7.66. The van der Waals surface area contributed by atoms with Crippen LogP contribution in [0.4, 0.5) is 4.79 Å². The maximum absolute atomic E-state index is 14.0. The molecule has 314 valence electrons. The molecule has 4 N–H and O–H groups in total. The molecular formula is C43H58N6O9. The molecule has 1 saturated heterocycles. The van der Waals surface area contributed by atoms with E-state index in [0.29, 0.717) is 30.7 Å². The highest BCUT2D eigenvalue weighted by Crippen LogP contribution is 2.29. The Hall–Kier alpha value is -5.57. The summed E-state index contributed by atoms with van der Waals surface area (Å²) in [6.07, 6.45) is 1.71. The van der Waals surface area contributed by atoms with Crippen LogP contribution in [-0.4, -0.2) is 96.0 Å². The van der Waals surface area contributed by atoms with Crippen molar-refractivity contribution in [2.45, 2.75) is 115 Å². The minimum Gasteiger partial charge on any atom is -0.441 e. The van der Waals surface area contributed by atoms with Crippen molar-refractivity contribution in [1.82, 2.24) is 31.3 Å². The Labute approximate surface area is 340 Å². The third-order valence-electron chi connectivity index (χ3n) is 9.70. The summed E-state index contributed by atoms with van der Waals surface area (Å²) in [5, 5.41) is 15.4. The van der Waals surface area contributed by atoms with E-state index in [1.165, 1.54) is 4.90 Å². The van der Waals surface area contributed by atoms with Crippen LogP contribution in [0.1, 0.15) is 82.4 Å². The van der Waals surface area contributed by atoms with E-state index >= 15 is 0 Å². The zero-order valence-corrected chi connectivity index (χ0v) is 34.4. The third kappa shape index (κ3) is 14.4. The van der Waals surface area contributed by atoms with Gasteiger partial charge < -0.3 is 40.2 Å². The van der Waals surface area contributed by atoms with Crippen molar-refractivity contribution >= 4 is 35.5 Å². The Morgan fingerprint density at radius 1 is 0.793 bits per heavy atom. The largest absolute Gasteiger partial charge is 0.441 e. The first-order valence-corrected chi connectivity index (χ1v) is 19.9. The van der Waals surface area contributed by atoms with E-state index in [4.69, 9.17) is 14.0 Å². The highest BCUT2D eigenvalue weighted by Gasteiger charge is 2.50. The van der Waals surface area contributed by atoms with Crippen molar-refractivity contribution in [2.24, 2.45) is 5.92 Å². The van der Waals surface area contributed by atoms with Crippen LogP contribution in [-0.2, 0) is 59.3 Å². The van der Waals surface area contributed by atoms with Crippen LogP contribution in [0.15, 0.2) is 71.3 Å². The van der Waals surface area contributed by atoms with Crippen molar-refractivity contribution < 1.29 is 42.8 Å². The molecule has 2 heterocycles. The van der Waals surface area contributed by atoms with E-state index in [-0.39, 0.29) is 57.0 Å². The van der Waals surface area contributed by atoms with Gasteiger partial charge in [-0.3, -0.25) is 24.0 Å². The lowest BCUT2D eigenvalue weighted by atomic mass is 9.93. The summed E-state index contributed by atoms with van der Waals surface area (Å²) in [5.74, 6) is -1.85. The van der Waals surface area contributed by atoms with Crippen LogP contribution in [0.25, 0.3) is 0 Å². The molecule has 0 bridgehead atoms. The number of carbonyl (C=O) groups excluding carboxylic acids is 6. The predicted octanol–water partition coefficient (Wildman–Crippen LogP) is 3.82. The van der Waals surface area contributed by atoms with E-state index in [0.717, 1.165) is 11.1 Å². The Bertz CT molecular complexity index is 1830. The number of nitrogens with zero attached hydrogens (tertiary/aromatic N) is 2. The van der Waals surface area contributed by atoms with E-state index in [9.17, 15) is 28.8 Å². The number of epoxide rings is 1. The SMILES string of the molecule is CCCC(NC(=O)C(CCc1ccccc1)NC(=O)CCc1cc(COC(=O)N(C)C)on1)C(=O)NC(Cc1ccccc1)C(=O)NC(CC(C)C)C(=O)C1(C)CO1. The maximum atomic E-state index is 14.0. The molecule has 1 aliphatic heterocycles. The number of benzene rings is 2. The summed E-state index contributed by atoms with van der Waals surface area (Å²) < 4.78 is 15.7. The van der Waals surface area contributed by atoms with Gasteiger partial charge in [-0.2, -0.15) is 0 Å². The second kappa shape index (κ2) is 21.8.